The Hall–Kier alpha value is -2.33. The third kappa shape index (κ3) is 4.85. The van der Waals surface area contributed by atoms with Gasteiger partial charge in [0.25, 0.3) is 0 Å². The molecule has 0 spiro atoms. The average Bonchev–Trinajstić information content (AvgIpc) is 3.48. The Bertz CT molecular complexity index is 956. The van der Waals surface area contributed by atoms with Crippen LogP contribution in [0.5, 0.6) is 0 Å². The molecule has 2 aromatic rings. The van der Waals surface area contributed by atoms with Crippen LogP contribution in [-0.4, -0.2) is 83.6 Å². The van der Waals surface area contributed by atoms with Crippen molar-refractivity contribution in [3.8, 4) is 0 Å². The Morgan fingerprint density at radius 3 is 2.66 bits per heavy atom. The molecule has 3 amide bonds. The van der Waals surface area contributed by atoms with Gasteiger partial charge in [0.15, 0.2) is 5.13 Å². The molecule has 0 saturated carbocycles. The van der Waals surface area contributed by atoms with E-state index in [-0.39, 0.29) is 30.2 Å². The van der Waals surface area contributed by atoms with Crippen LogP contribution in [0, 0.1) is 5.92 Å². The highest BCUT2D eigenvalue weighted by atomic mass is 32.1. The number of nitrogens with one attached hydrogen (secondary N) is 1. The zero-order valence-electron chi connectivity index (χ0n) is 18.2. The highest BCUT2D eigenvalue weighted by molar-refractivity contribution is 7.80. The SMILES string of the molecule is CC(CS)C(=O)N1CCC[C@@H]1C(=O)NCC(=O)N1CCN(c2nc3ccccc3s2)CC1. The van der Waals surface area contributed by atoms with Crippen LogP contribution in [0.25, 0.3) is 10.2 Å². The maximum atomic E-state index is 12.7. The summed E-state index contributed by atoms with van der Waals surface area (Å²) in [6, 6.07) is 7.58. The molecule has 2 atom stereocenters. The Kier molecular flexibility index (Phi) is 7.20. The normalized spacial score (nSPS) is 19.9. The summed E-state index contributed by atoms with van der Waals surface area (Å²) in [6.07, 6.45) is 1.43. The summed E-state index contributed by atoms with van der Waals surface area (Å²) in [6.45, 7) is 4.98. The lowest BCUT2D eigenvalue weighted by atomic mass is 10.1. The molecule has 1 unspecified atom stereocenters. The average molecular weight is 476 g/mol. The van der Waals surface area contributed by atoms with E-state index in [1.165, 1.54) is 0 Å². The summed E-state index contributed by atoms with van der Waals surface area (Å²) in [5.74, 6) is -0.161. The molecule has 10 heteroatoms. The first-order chi connectivity index (χ1) is 15.5. The topological polar surface area (TPSA) is 85.8 Å². The molecule has 1 aromatic carbocycles. The van der Waals surface area contributed by atoms with Gasteiger partial charge < -0.3 is 20.0 Å². The first-order valence-electron chi connectivity index (χ1n) is 11.0. The van der Waals surface area contributed by atoms with Crippen molar-refractivity contribution in [3.05, 3.63) is 24.3 Å². The van der Waals surface area contributed by atoms with Crippen molar-refractivity contribution in [2.45, 2.75) is 25.8 Å². The van der Waals surface area contributed by atoms with E-state index in [2.05, 4.69) is 28.9 Å². The van der Waals surface area contributed by atoms with Crippen molar-refractivity contribution in [1.82, 2.24) is 20.1 Å². The number of thiol groups is 1. The number of aromatic nitrogens is 1. The first-order valence-corrected chi connectivity index (χ1v) is 12.5. The summed E-state index contributed by atoms with van der Waals surface area (Å²) in [5.41, 5.74) is 0.997. The lowest BCUT2D eigenvalue weighted by Crippen LogP contribution is -2.53. The number of hydrogen-bond donors (Lipinski definition) is 2. The molecule has 1 N–H and O–H groups in total. The summed E-state index contributed by atoms with van der Waals surface area (Å²) < 4.78 is 1.16. The van der Waals surface area contributed by atoms with Crippen molar-refractivity contribution in [1.29, 1.82) is 0 Å². The summed E-state index contributed by atoms with van der Waals surface area (Å²) in [4.78, 5) is 48.1. The van der Waals surface area contributed by atoms with Gasteiger partial charge in [0.2, 0.25) is 17.7 Å². The molecule has 1 aromatic heterocycles. The van der Waals surface area contributed by atoms with Crippen LogP contribution in [0.4, 0.5) is 5.13 Å². The van der Waals surface area contributed by atoms with Crippen molar-refractivity contribution < 1.29 is 14.4 Å². The molecule has 0 aliphatic carbocycles. The lowest BCUT2D eigenvalue weighted by molar-refractivity contribution is -0.141. The standard InChI is InChI=1S/C22H29N5O3S2/c1-15(14-31)21(30)27-8-4-6-17(27)20(29)23-13-19(28)25-9-11-26(12-10-25)22-24-16-5-2-3-7-18(16)32-22/h2-3,5,7,15,17,31H,4,6,8-14H2,1H3,(H,23,29)/t15?,17-/m1/s1. The Labute approximate surface area is 197 Å². The molecule has 8 nitrogen and oxygen atoms in total. The molecule has 2 aliphatic heterocycles. The molecule has 2 fully saturated rings. The molecule has 2 aliphatic rings. The van der Waals surface area contributed by atoms with Crippen LogP contribution in [0.1, 0.15) is 19.8 Å². The van der Waals surface area contributed by atoms with Gasteiger partial charge in [0.1, 0.15) is 6.04 Å². The number of carbonyl (C=O) groups is 3. The minimum atomic E-state index is -0.492. The number of nitrogens with zero attached hydrogens (tertiary/aromatic N) is 4. The number of benzene rings is 1. The molecular formula is C22H29N5O3S2. The quantitative estimate of drug-likeness (QED) is 0.620. The van der Waals surface area contributed by atoms with E-state index in [1.807, 2.05) is 25.1 Å². The minimum Gasteiger partial charge on any atom is -0.345 e. The minimum absolute atomic E-state index is 0.0410. The van der Waals surface area contributed by atoms with Crippen molar-refractivity contribution in [2.75, 3.05) is 49.9 Å². The van der Waals surface area contributed by atoms with E-state index < -0.39 is 6.04 Å². The fourth-order valence-corrected chi connectivity index (χ4v) is 5.37. The summed E-state index contributed by atoms with van der Waals surface area (Å²) >= 11 is 5.86. The highest BCUT2D eigenvalue weighted by Crippen LogP contribution is 2.29. The van der Waals surface area contributed by atoms with Gasteiger partial charge in [-0.15, -0.1) is 0 Å². The van der Waals surface area contributed by atoms with Crippen molar-refractivity contribution in [2.24, 2.45) is 5.92 Å². The Morgan fingerprint density at radius 2 is 1.94 bits per heavy atom. The van der Waals surface area contributed by atoms with Gasteiger partial charge in [-0.1, -0.05) is 30.4 Å². The van der Waals surface area contributed by atoms with Crippen LogP contribution in [0.15, 0.2) is 24.3 Å². The number of fused-ring (bicyclic) bond motifs is 1. The predicted molar refractivity (Wildman–Crippen MR) is 129 cm³/mol. The second kappa shape index (κ2) is 10.1. The molecule has 2 saturated heterocycles. The first kappa shape index (κ1) is 22.8. The van der Waals surface area contributed by atoms with E-state index in [4.69, 9.17) is 4.98 Å². The van der Waals surface area contributed by atoms with E-state index in [9.17, 15) is 14.4 Å². The maximum absolute atomic E-state index is 12.7. The number of thiazole rings is 1. The van der Waals surface area contributed by atoms with E-state index >= 15 is 0 Å². The zero-order chi connectivity index (χ0) is 22.7. The second-order valence-electron chi connectivity index (χ2n) is 8.32. The van der Waals surface area contributed by atoms with Gasteiger partial charge in [0, 0.05) is 44.4 Å². The Morgan fingerprint density at radius 1 is 1.19 bits per heavy atom. The predicted octanol–water partition coefficient (Wildman–Crippen LogP) is 1.62. The van der Waals surface area contributed by atoms with Crippen LogP contribution < -0.4 is 10.2 Å². The lowest BCUT2D eigenvalue weighted by Gasteiger charge is -2.34. The van der Waals surface area contributed by atoms with E-state index in [1.54, 1.807) is 21.1 Å². The molecule has 172 valence electrons. The molecular weight excluding hydrogens is 446 g/mol. The molecule has 0 bridgehead atoms. The largest absolute Gasteiger partial charge is 0.345 e. The zero-order valence-corrected chi connectivity index (χ0v) is 19.9. The van der Waals surface area contributed by atoms with Gasteiger partial charge in [-0.25, -0.2) is 4.98 Å². The molecule has 32 heavy (non-hydrogen) atoms. The summed E-state index contributed by atoms with van der Waals surface area (Å²) in [5, 5.41) is 3.74. The van der Waals surface area contributed by atoms with Gasteiger partial charge in [0.05, 0.1) is 16.8 Å². The fourth-order valence-electron chi connectivity index (χ4n) is 4.20. The number of piperazine rings is 1. The van der Waals surface area contributed by atoms with E-state index in [0.29, 0.717) is 44.9 Å². The molecule has 3 heterocycles. The van der Waals surface area contributed by atoms with Gasteiger partial charge in [-0.3, -0.25) is 14.4 Å². The number of likely N-dealkylation sites (tertiary alicyclic amines) is 1. The number of para-hydroxylation sites is 1. The third-order valence-corrected chi connectivity index (χ3v) is 7.78. The number of carbonyl (C=O) groups excluding carboxylic acids is 3. The smallest absolute Gasteiger partial charge is 0.243 e. The molecule has 4 rings (SSSR count). The number of amides is 3. The van der Waals surface area contributed by atoms with Gasteiger partial charge in [-0.2, -0.15) is 12.6 Å². The monoisotopic (exact) mass is 475 g/mol. The van der Waals surface area contributed by atoms with Crippen molar-refractivity contribution >= 4 is 57.0 Å². The van der Waals surface area contributed by atoms with Crippen molar-refractivity contribution in [3.63, 3.8) is 0 Å². The van der Waals surface area contributed by atoms with Crippen LogP contribution >= 0.6 is 24.0 Å². The molecule has 0 radical (unpaired) electrons. The fraction of sp³-hybridized carbons (Fsp3) is 0.545. The summed E-state index contributed by atoms with van der Waals surface area (Å²) in [7, 11) is 0. The Balaban J connectivity index is 1.26. The number of anilines is 1. The second-order valence-corrected chi connectivity index (χ2v) is 9.70. The number of rotatable bonds is 6. The van der Waals surface area contributed by atoms with Crippen LogP contribution in [0.2, 0.25) is 0 Å². The van der Waals surface area contributed by atoms with Gasteiger partial charge in [-0.05, 0) is 25.0 Å². The number of hydrogen-bond acceptors (Lipinski definition) is 7. The van der Waals surface area contributed by atoms with E-state index in [0.717, 1.165) is 21.8 Å². The maximum Gasteiger partial charge on any atom is 0.243 e. The highest BCUT2D eigenvalue weighted by Gasteiger charge is 2.35. The van der Waals surface area contributed by atoms with Crippen LogP contribution in [0.3, 0.4) is 0 Å². The van der Waals surface area contributed by atoms with Crippen LogP contribution in [-0.2, 0) is 14.4 Å². The van der Waals surface area contributed by atoms with Gasteiger partial charge >= 0.3 is 0 Å². The third-order valence-electron chi connectivity index (χ3n) is 6.13.